The summed E-state index contributed by atoms with van der Waals surface area (Å²) in [5.74, 6) is 0. The van der Waals surface area contributed by atoms with Crippen LogP contribution < -0.4 is 0 Å². The molecule has 1 fully saturated rings. The van der Waals surface area contributed by atoms with Crippen LogP contribution in [0.25, 0.3) is 5.57 Å². The Morgan fingerprint density at radius 2 is 2.00 bits per heavy atom. The van der Waals surface area contributed by atoms with E-state index in [0.29, 0.717) is 6.04 Å². The summed E-state index contributed by atoms with van der Waals surface area (Å²) in [6, 6.07) is 7.45. The summed E-state index contributed by atoms with van der Waals surface area (Å²) in [6.07, 6.45) is 13.8. The van der Waals surface area contributed by atoms with Gasteiger partial charge in [0.05, 0.1) is 12.7 Å². The van der Waals surface area contributed by atoms with Gasteiger partial charge in [0.2, 0.25) is 0 Å². The van der Waals surface area contributed by atoms with Gasteiger partial charge >= 0.3 is 0 Å². The van der Waals surface area contributed by atoms with Crippen LogP contribution in [0.1, 0.15) is 56.7 Å². The van der Waals surface area contributed by atoms with Crippen LogP contribution in [-0.2, 0) is 11.2 Å². The van der Waals surface area contributed by atoms with Gasteiger partial charge in [0, 0.05) is 36.6 Å². The Kier molecular flexibility index (Phi) is 6.31. The number of ether oxygens (including phenoxy) is 1. The number of benzene rings is 1. The number of likely N-dealkylation sites (N-methyl/N-ethyl adjacent to an activating group) is 1. The van der Waals surface area contributed by atoms with Crippen LogP contribution in [-0.4, -0.2) is 42.1 Å². The summed E-state index contributed by atoms with van der Waals surface area (Å²) in [5.41, 5.74) is 9.57. The molecule has 3 aliphatic rings. The molecule has 2 atom stereocenters. The minimum absolute atomic E-state index is 0.217. The van der Waals surface area contributed by atoms with Gasteiger partial charge in [-0.05, 0) is 88.4 Å². The van der Waals surface area contributed by atoms with Crippen LogP contribution in [0.15, 0.2) is 59.6 Å². The lowest BCUT2D eigenvalue weighted by Gasteiger charge is -2.38. The second-order valence-electron chi connectivity index (χ2n) is 9.28. The summed E-state index contributed by atoms with van der Waals surface area (Å²) in [5, 5.41) is 0. The second kappa shape index (κ2) is 8.95. The lowest BCUT2D eigenvalue weighted by Crippen LogP contribution is -2.46. The van der Waals surface area contributed by atoms with Crippen molar-refractivity contribution in [1.82, 2.24) is 9.80 Å². The minimum Gasteiger partial charge on any atom is -0.375 e. The van der Waals surface area contributed by atoms with E-state index in [4.69, 9.17) is 4.74 Å². The van der Waals surface area contributed by atoms with Crippen molar-refractivity contribution in [3.8, 4) is 0 Å². The molecule has 0 amide bonds. The highest BCUT2D eigenvalue weighted by molar-refractivity contribution is 5.70. The van der Waals surface area contributed by atoms with E-state index in [-0.39, 0.29) is 6.10 Å². The Morgan fingerprint density at radius 3 is 2.80 bits per heavy atom. The Balaban J connectivity index is 1.78. The fourth-order valence-corrected chi connectivity index (χ4v) is 4.75. The highest BCUT2D eigenvalue weighted by atomic mass is 16.5. The molecule has 3 heteroatoms. The molecule has 0 radical (unpaired) electrons. The number of fused-ring (bicyclic) bond motifs is 2. The predicted molar refractivity (Wildman–Crippen MR) is 126 cm³/mol. The summed E-state index contributed by atoms with van der Waals surface area (Å²) in [7, 11) is 2.21. The van der Waals surface area contributed by atoms with E-state index in [1.807, 2.05) is 0 Å². The van der Waals surface area contributed by atoms with Gasteiger partial charge in [0.25, 0.3) is 0 Å². The van der Waals surface area contributed by atoms with Crippen LogP contribution in [0.3, 0.4) is 0 Å². The third-order valence-electron chi connectivity index (χ3n) is 6.77. The van der Waals surface area contributed by atoms with Crippen molar-refractivity contribution in [1.29, 1.82) is 0 Å². The maximum atomic E-state index is 6.29. The maximum Gasteiger partial charge on any atom is 0.0757 e. The molecule has 0 aliphatic carbocycles. The van der Waals surface area contributed by atoms with E-state index in [9.17, 15) is 0 Å². The van der Waals surface area contributed by atoms with Crippen molar-refractivity contribution in [3.05, 3.63) is 76.3 Å². The molecule has 0 N–H and O–H groups in total. The molecule has 0 bridgehead atoms. The Morgan fingerprint density at radius 1 is 1.17 bits per heavy atom. The summed E-state index contributed by atoms with van der Waals surface area (Å²) >= 11 is 0. The van der Waals surface area contributed by atoms with Gasteiger partial charge in [-0.25, -0.2) is 0 Å². The lowest BCUT2D eigenvalue weighted by atomic mass is 9.91. The van der Waals surface area contributed by atoms with E-state index in [0.717, 1.165) is 32.4 Å². The first kappa shape index (κ1) is 21.1. The zero-order chi connectivity index (χ0) is 21.3. The van der Waals surface area contributed by atoms with Gasteiger partial charge in [-0.2, -0.15) is 0 Å². The molecule has 0 aromatic heterocycles. The summed E-state index contributed by atoms with van der Waals surface area (Å²) in [6.45, 7) is 10.7. The molecule has 1 aromatic rings. The van der Waals surface area contributed by atoms with Crippen molar-refractivity contribution in [2.75, 3.05) is 20.2 Å². The zero-order valence-corrected chi connectivity index (χ0v) is 19.2. The Bertz CT molecular complexity index is 921. The average Bonchev–Trinajstić information content (AvgIpc) is 2.72. The van der Waals surface area contributed by atoms with Gasteiger partial charge in [-0.1, -0.05) is 29.8 Å². The van der Waals surface area contributed by atoms with Crippen molar-refractivity contribution in [2.45, 2.75) is 65.5 Å². The molecule has 2 unspecified atom stereocenters. The standard InChI is InChI=1S/C27H36N2O/c1-19-10-11-26-22(4)27(16-25-17-28(5)21(3)18-30-25)29-13-12-20(2)15-24(29)9-7-6-8-23(26)14-19/h9-15,21,25H,6-8,16-18H2,1-5H3/b24-9+,27-22+. The second-order valence-corrected chi connectivity index (χ2v) is 9.28. The van der Waals surface area contributed by atoms with E-state index < -0.39 is 0 Å². The maximum absolute atomic E-state index is 6.29. The first-order valence-electron chi connectivity index (χ1n) is 11.4. The number of aryl methyl sites for hydroxylation is 2. The van der Waals surface area contributed by atoms with E-state index in [1.54, 1.807) is 0 Å². The molecular weight excluding hydrogens is 368 g/mol. The molecule has 30 heavy (non-hydrogen) atoms. The molecule has 1 aromatic carbocycles. The van der Waals surface area contributed by atoms with Crippen LogP contribution in [0.4, 0.5) is 0 Å². The molecule has 4 rings (SSSR count). The highest BCUT2D eigenvalue weighted by Gasteiger charge is 2.28. The normalized spacial score (nSPS) is 29.6. The van der Waals surface area contributed by atoms with E-state index in [2.05, 4.69) is 87.2 Å². The van der Waals surface area contributed by atoms with Gasteiger partial charge in [-0.3, -0.25) is 4.90 Å². The SMILES string of the molecule is CC1=C/C2=C\CCCc3cc(C)ccc3/C(C)=C(\CC3CN(C)C(C)CO3)N2C=C1. The molecule has 3 aliphatic heterocycles. The third-order valence-corrected chi connectivity index (χ3v) is 6.77. The Labute approximate surface area is 182 Å². The summed E-state index contributed by atoms with van der Waals surface area (Å²) in [4.78, 5) is 4.84. The first-order chi connectivity index (χ1) is 14.4. The molecule has 160 valence electrons. The third kappa shape index (κ3) is 4.48. The van der Waals surface area contributed by atoms with Crippen molar-refractivity contribution >= 4 is 5.57 Å². The van der Waals surface area contributed by atoms with Crippen LogP contribution in [0.5, 0.6) is 0 Å². The Hall–Kier alpha value is -2.10. The molecule has 3 nitrogen and oxygen atoms in total. The van der Waals surface area contributed by atoms with Gasteiger partial charge in [0.15, 0.2) is 0 Å². The zero-order valence-electron chi connectivity index (χ0n) is 19.2. The average molecular weight is 405 g/mol. The van der Waals surface area contributed by atoms with Crippen LogP contribution in [0.2, 0.25) is 0 Å². The molecule has 1 saturated heterocycles. The quantitative estimate of drug-likeness (QED) is 0.617. The number of hydrogen-bond acceptors (Lipinski definition) is 3. The molecule has 0 saturated carbocycles. The largest absolute Gasteiger partial charge is 0.375 e. The number of nitrogens with zero attached hydrogens (tertiary/aromatic N) is 2. The van der Waals surface area contributed by atoms with Crippen LogP contribution in [0, 0.1) is 6.92 Å². The van der Waals surface area contributed by atoms with Gasteiger partial charge in [0.1, 0.15) is 0 Å². The first-order valence-corrected chi connectivity index (χ1v) is 11.4. The monoisotopic (exact) mass is 404 g/mol. The van der Waals surface area contributed by atoms with Crippen molar-refractivity contribution in [3.63, 3.8) is 0 Å². The minimum atomic E-state index is 0.217. The smallest absolute Gasteiger partial charge is 0.0757 e. The fraction of sp³-hybridized carbons (Fsp3) is 0.481. The number of allylic oxidation sites excluding steroid dienone is 5. The number of rotatable bonds is 2. The number of morpholine rings is 1. The van der Waals surface area contributed by atoms with Crippen LogP contribution >= 0.6 is 0 Å². The van der Waals surface area contributed by atoms with Crippen molar-refractivity contribution in [2.24, 2.45) is 0 Å². The van der Waals surface area contributed by atoms with Crippen molar-refractivity contribution < 1.29 is 4.74 Å². The summed E-state index contributed by atoms with van der Waals surface area (Å²) < 4.78 is 6.29. The highest BCUT2D eigenvalue weighted by Crippen LogP contribution is 2.35. The fourth-order valence-electron chi connectivity index (χ4n) is 4.75. The number of hydrogen-bond donors (Lipinski definition) is 0. The topological polar surface area (TPSA) is 15.7 Å². The van der Waals surface area contributed by atoms with Gasteiger partial charge in [-0.15, -0.1) is 0 Å². The predicted octanol–water partition coefficient (Wildman–Crippen LogP) is 5.83. The lowest BCUT2D eigenvalue weighted by molar-refractivity contribution is -0.0488. The van der Waals surface area contributed by atoms with E-state index >= 15 is 0 Å². The molecule has 0 spiro atoms. The molecule has 3 heterocycles. The van der Waals surface area contributed by atoms with E-state index in [1.165, 1.54) is 45.7 Å². The molecular formula is C27H36N2O. The van der Waals surface area contributed by atoms with Gasteiger partial charge < -0.3 is 9.64 Å².